The van der Waals surface area contributed by atoms with Crippen LogP contribution in [0.15, 0.2) is 4.42 Å². The fourth-order valence-corrected chi connectivity index (χ4v) is 5.52. The van der Waals surface area contributed by atoms with Gasteiger partial charge in [-0.25, -0.2) is 0 Å². The predicted molar refractivity (Wildman–Crippen MR) is 76.2 cm³/mol. The number of rotatable bonds is 5. The molecule has 0 radical (unpaired) electrons. The maximum absolute atomic E-state index is 5.86. The highest BCUT2D eigenvalue weighted by Gasteiger charge is 2.51. The van der Waals surface area contributed by atoms with Crippen molar-refractivity contribution in [1.29, 1.82) is 0 Å². The molecule has 0 atom stereocenters. The molecule has 1 aromatic rings. The largest absolute Gasteiger partial charge is 0.425 e. The Kier molecular flexibility index (Phi) is 3.09. The summed E-state index contributed by atoms with van der Waals surface area (Å²) < 4.78 is 5.86. The molecular weight excluding hydrogens is 250 g/mol. The molecule has 0 saturated heterocycles. The first-order chi connectivity index (χ1) is 9.75. The monoisotopic (exact) mass is 275 g/mol. The topological polar surface area (TPSA) is 51.0 Å². The van der Waals surface area contributed by atoms with Gasteiger partial charge in [-0.1, -0.05) is 0 Å². The van der Waals surface area contributed by atoms with E-state index < -0.39 is 0 Å². The third-order valence-corrected chi connectivity index (χ3v) is 5.79. The molecule has 0 unspecified atom stereocenters. The summed E-state index contributed by atoms with van der Waals surface area (Å²) in [6.07, 6.45) is 10.6. The fourth-order valence-electron chi connectivity index (χ4n) is 5.52. The second-order valence-electron chi connectivity index (χ2n) is 7.54. The summed E-state index contributed by atoms with van der Waals surface area (Å²) in [5.41, 5.74) is 0.502. The van der Waals surface area contributed by atoms with E-state index >= 15 is 0 Å². The third-order valence-electron chi connectivity index (χ3n) is 5.79. The lowest BCUT2D eigenvalue weighted by Crippen LogP contribution is -2.47. The molecule has 4 fully saturated rings. The van der Waals surface area contributed by atoms with Crippen molar-refractivity contribution < 1.29 is 4.42 Å². The second-order valence-corrected chi connectivity index (χ2v) is 7.54. The predicted octanol–water partition coefficient (Wildman–Crippen LogP) is 2.59. The van der Waals surface area contributed by atoms with Crippen LogP contribution in [0.3, 0.4) is 0 Å². The molecule has 0 spiro atoms. The fraction of sp³-hybridized carbons (Fsp3) is 0.875. The van der Waals surface area contributed by atoms with Gasteiger partial charge in [-0.15, -0.1) is 10.2 Å². The van der Waals surface area contributed by atoms with Crippen LogP contribution in [0.25, 0.3) is 0 Å². The van der Waals surface area contributed by atoms with E-state index in [9.17, 15) is 0 Å². The Balaban J connectivity index is 1.47. The van der Waals surface area contributed by atoms with Crippen LogP contribution >= 0.6 is 0 Å². The molecule has 110 valence electrons. The number of likely N-dealkylation sites (N-methyl/N-ethyl adjacent to an activating group) is 1. The number of hydrogen-bond donors (Lipinski definition) is 1. The Morgan fingerprint density at radius 1 is 1.05 bits per heavy atom. The molecule has 4 aliphatic rings. The average molecular weight is 275 g/mol. The first-order valence-electron chi connectivity index (χ1n) is 8.20. The zero-order valence-corrected chi connectivity index (χ0v) is 12.4. The first-order valence-corrected chi connectivity index (χ1v) is 8.20. The molecule has 4 heteroatoms. The number of aromatic nitrogens is 2. The molecule has 4 saturated carbocycles. The van der Waals surface area contributed by atoms with Crippen LogP contribution in [0.4, 0.5) is 0 Å². The Bertz CT molecular complexity index is 447. The van der Waals surface area contributed by atoms with Gasteiger partial charge in [0.25, 0.3) is 0 Å². The van der Waals surface area contributed by atoms with E-state index in [0.717, 1.165) is 48.9 Å². The van der Waals surface area contributed by atoms with Crippen LogP contribution in [-0.4, -0.2) is 23.8 Å². The van der Waals surface area contributed by atoms with E-state index in [1.807, 2.05) is 7.05 Å². The summed E-state index contributed by atoms with van der Waals surface area (Å²) in [4.78, 5) is 0. The number of nitrogens with zero attached hydrogens (tertiary/aromatic N) is 2. The molecule has 0 amide bonds. The maximum atomic E-state index is 5.86. The van der Waals surface area contributed by atoms with E-state index in [0.29, 0.717) is 5.41 Å². The molecule has 0 aliphatic heterocycles. The van der Waals surface area contributed by atoms with Gasteiger partial charge in [-0.2, -0.15) is 0 Å². The van der Waals surface area contributed by atoms with Crippen LogP contribution in [0.2, 0.25) is 0 Å². The van der Waals surface area contributed by atoms with Gasteiger partial charge >= 0.3 is 0 Å². The summed E-state index contributed by atoms with van der Waals surface area (Å²) in [5, 5.41) is 11.6. The Morgan fingerprint density at radius 3 is 2.25 bits per heavy atom. The van der Waals surface area contributed by atoms with Gasteiger partial charge in [0.2, 0.25) is 11.8 Å². The molecule has 0 aromatic carbocycles. The first kappa shape index (κ1) is 12.8. The van der Waals surface area contributed by atoms with Crippen LogP contribution in [0, 0.1) is 23.2 Å². The highest BCUT2D eigenvalue weighted by Crippen LogP contribution is 2.60. The average Bonchev–Trinajstić information content (AvgIpc) is 2.81. The van der Waals surface area contributed by atoms with Gasteiger partial charge in [0.15, 0.2) is 0 Å². The highest BCUT2D eigenvalue weighted by atomic mass is 16.4. The van der Waals surface area contributed by atoms with Crippen molar-refractivity contribution in [2.45, 2.75) is 51.4 Å². The van der Waals surface area contributed by atoms with E-state index in [2.05, 4.69) is 15.5 Å². The van der Waals surface area contributed by atoms with E-state index in [4.69, 9.17) is 4.42 Å². The van der Waals surface area contributed by atoms with Crippen molar-refractivity contribution in [2.24, 2.45) is 23.2 Å². The molecule has 4 aliphatic carbocycles. The maximum Gasteiger partial charge on any atom is 0.217 e. The van der Waals surface area contributed by atoms with Crippen LogP contribution in [0.1, 0.15) is 50.3 Å². The normalized spacial score (nSPS) is 38.5. The van der Waals surface area contributed by atoms with Crippen LogP contribution in [0.5, 0.6) is 0 Å². The molecule has 20 heavy (non-hydrogen) atoms. The van der Waals surface area contributed by atoms with Crippen molar-refractivity contribution in [2.75, 3.05) is 13.6 Å². The lowest BCUT2D eigenvalue weighted by molar-refractivity contribution is -0.0551. The van der Waals surface area contributed by atoms with Crippen molar-refractivity contribution in [3.8, 4) is 0 Å². The second kappa shape index (κ2) is 4.83. The van der Waals surface area contributed by atoms with E-state index in [-0.39, 0.29) is 0 Å². The highest BCUT2D eigenvalue weighted by molar-refractivity contribution is 5.04. The summed E-state index contributed by atoms with van der Waals surface area (Å²) >= 11 is 0. The smallest absolute Gasteiger partial charge is 0.217 e. The Labute approximate surface area is 120 Å². The molecule has 1 N–H and O–H groups in total. The third kappa shape index (κ3) is 2.28. The zero-order chi connectivity index (χ0) is 13.6. The van der Waals surface area contributed by atoms with Crippen LogP contribution < -0.4 is 5.32 Å². The number of nitrogens with one attached hydrogen (secondary N) is 1. The molecular formula is C16H25N3O. The van der Waals surface area contributed by atoms with Gasteiger partial charge in [0.05, 0.1) is 0 Å². The van der Waals surface area contributed by atoms with Gasteiger partial charge in [-0.3, -0.25) is 0 Å². The van der Waals surface area contributed by atoms with Crippen molar-refractivity contribution in [3.05, 3.63) is 11.8 Å². The van der Waals surface area contributed by atoms with Crippen molar-refractivity contribution in [3.63, 3.8) is 0 Å². The van der Waals surface area contributed by atoms with Gasteiger partial charge in [0.1, 0.15) is 0 Å². The van der Waals surface area contributed by atoms with Crippen molar-refractivity contribution >= 4 is 0 Å². The Hall–Kier alpha value is -0.900. The van der Waals surface area contributed by atoms with Gasteiger partial charge in [-0.05, 0) is 68.7 Å². The molecule has 4 nitrogen and oxygen atoms in total. The molecule has 1 aromatic heterocycles. The minimum Gasteiger partial charge on any atom is -0.425 e. The van der Waals surface area contributed by atoms with Gasteiger partial charge < -0.3 is 9.73 Å². The van der Waals surface area contributed by atoms with Gasteiger partial charge in [0, 0.05) is 19.4 Å². The molecule has 1 heterocycles. The minimum atomic E-state index is 0.502. The minimum absolute atomic E-state index is 0.502. The van der Waals surface area contributed by atoms with E-state index in [1.165, 1.54) is 38.5 Å². The van der Waals surface area contributed by atoms with E-state index in [1.54, 1.807) is 0 Å². The Morgan fingerprint density at radius 2 is 1.65 bits per heavy atom. The lowest BCUT2D eigenvalue weighted by Gasteiger charge is -2.56. The summed E-state index contributed by atoms with van der Waals surface area (Å²) in [6, 6.07) is 0. The summed E-state index contributed by atoms with van der Waals surface area (Å²) in [7, 11) is 1.95. The summed E-state index contributed by atoms with van der Waals surface area (Å²) in [6.45, 7) is 0.902. The lowest BCUT2D eigenvalue weighted by atomic mass is 9.49. The number of hydrogen-bond acceptors (Lipinski definition) is 4. The van der Waals surface area contributed by atoms with Crippen molar-refractivity contribution in [1.82, 2.24) is 15.5 Å². The summed E-state index contributed by atoms with van der Waals surface area (Å²) in [5.74, 6) is 4.66. The molecule has 4 bridgehead atoms. The zero-order valence-electron chi connectivity index (χ0n) is 12.4. The standard InChI is InChI=1S/C16H25N3O/c1-17-3-2-14-18-19-15(20-14)10-16-7-11-4-12(8-16)6-13(5-11)9-16/h11-13,17H,2-10H2,1H3. The SMILES string of the molecule is CNCCc1nnc(CC23CC4CC(CC(C4)C2)C3)o1. The molecule has 5 rings (SSSR count). The quantitative estimate of drug-likeness (QED) is 0.897. The van der Waals surface area contributed by atoms with Crippen LogP contribution in [-0.2, 0) is 12.8 Å².